The first-order valence-electron chi connectivity index (χ1n) is 8.63. The van der Waals surface area contributed by atoms with Crippen LogP contribution in [0.15, 0.2) is 30.3 Å². The van der Waals surface area contributed by atoms with Gasteiger partial charge in [-0.05, 0) is 25.3 Å². The molecule has 0 radical (unpaired) electrons. The Labute approximate surface area is 151 Å². The fourth-order valence-corrected chi connectivity index (χ4v) is 4.39. The lowest BCUT2D eigenvalue weighted by Gasteiger charge is -2.35. The van der Waals surface area contributed by atoms with Gasteiger partial charge in [-0.25, -0.2) is 4.98 Å². The first kappa shape index (κ1) is 17.6. The Hall–Kier alpha value is -2.21. The fourth-order valence-electron chi connectivity index (χ4n) is 3.43. The monoisotopic (exact) mass is 357 g/mol. The molecular formula is C19H23N3O2S. The first-order chi connectivity index (χ1) is 12.0. The topological polar surface area (TPSA) is 71.1 Å². The number of nitrogens with zero attached hydrogens (tertiary/aromatic N) is 1. The predicted octanol–water partition coefficient (Wildman–Crippen LogP) is 3.90. The average molecular weight is 357 g/mol. The van der Waals surface area contributed by atoms with Crippen molar-refractivity contribution in [3.63, 3.8) is 0 Å². The van der Waals surface area contributed by atoms with E-state index in [0.717, 1.165) is 35.4 Å². The van der Waals surface area contributed by atoms with Crippen LogP contribution in [0.3, 0.4) is 0 Å². The highest BCUT2D eigenvalue weighted by Gasteiger charge is 2.40. The van der Waals surface area contributed by atoms with Crippen LogP contribution >= 0.6 is 11.3 Å². The number of aryl methyl sites for hydroxylation is 1. The summed E-state index contributed by atoms with van der Waals surface area (Å²) in [5.41, 5.74) is 1.17. The van der Waals surface area contributed by atoms with Crippen molar-refractivity contribution in [1.29, 1.82) is 0 Å². The Balaban J connectivity index is 1.81. The van der Waals surface area contributed by atoms with E-state index < -0.39 is 5.54 Å². The van der Waals surface area contributed by atoms with Gasteiger partial charge in [0.15, 0.2) is 5.13 Å². The first-order valence-corrected chi connectivity index (χ1v) is 9.45. The number of hydrogen-bond donors (Lipinski definition) is 2. The van der Waals surface area contributed by atoms with Crippen LogP contribution in [-0.2, 0) is 9.59 Å². The molecule has 2 N–H and O–H groups in total. The van der Waals surface area contributed by atoms with Gasteiger partial charge in [0.2, 0.25) is 5.91 Å². The van der Waals surface area contributed by atoms with E-state index in [1.807, 2.05) is 37.3 Å². The van der Waals surface area contributed by atoms with Crippen molar-refractivity contribution in [2.45, 2.75) is 51.5 Å². The summed E-state index contributed by atoms with van der Waals surface area (Å²) in [5.74, 6) is -0.326. The Bertz CT molecular complexity index is 764. The van der Waals surface area contributed by atoms with Crippen LogP contribution in [0.4, 0.5) is 5.13 Å². The summed E-state index contributed by atoms with van der Waals surface area (Å²) in [6, 6.07) is 10.0. The third kappa shape index (κ3) is 3.90. The average Bonchev–Trinajstić information content (AvgIpc) is 2.96. The van der Waals surface area contributed by atoms with Gasteiger partial charge in [-0.1, -0.05) is 60.9 Å². The maximum atomic E-state index is 12.9. The molecule has 1 heterocycles. The quantitative estimate of drug-likeness (QED) is 0.872. The van der Waals surface area contributed by atoms with Crippen molar-refractivity contribution in [1.82, 2.24) is 10.3 Å². The van der Waals surface area contributed by atoms with Crippen molar-refractivity contribution in [3.05, 3.63) is 36.0 Å². The van der Waals surface area contributed by atoms with Crippen LogP contribution in [0.1, 0.15) is 44.7 Å². The van der Waals surface area contributed by atoms with Gasteiger partial charge < -0.3 is 5.32 Å². The molecule has 1 aliphatic rings. The minimum atomic E-state index is -0.809. The zero-order valence-electron chi connectivity index (χ0n) is 14.6. The lowest BCUT2D eigenvalue weighted by atomic mass is 9.81. The van der Waals surface area contributed by atoms with Gasteiger partial charge in [0, 0.05) is 6.92 Å². The number of benzene rings is 1. The maximum Gasteiger partial charge on any atom is 0.251 e. The van der Waals surface area contributed by atoms with Gasteiger partial charge in [0.1, 0.15) is 5.54 Å². The second-order valence-electron chi connectivity index (χ2n) is 6.58. The molecule has 1 saturated carbocycles. The second-order valence-corrected chi connectivity index (χ2v) is 7.58. The molecule has 1 fully saturated rings. The molecule has 2 aromatic rings. The standard InChI is InChI=1S/C19H23N3O2S/c1-13-16(15-9-5-3-6-10-15)25-18(20-13)21-17(24)19(22-14(2)23)11-7-4-8-12-19/h3,5-6,9-10H,4,7-8,11-12H2,1-2H3,(H,22,23)(H,20,21,24). The predicted molar refractivity (Wildman–Crippen MR) is 101 cm³/mol. The molecule has 6 heteroatoms. The second kappa shape index (κ2) is 7.35. The van der Waals surface area contributed by atoms with Gasteiger partial charge >= 0.3 is 0 Å². The zero-order valence-corrected chi connectivity index (χ0v) is 15.4. The van der Waals surface area contributed by atoms with Gasteiger partial charge in [0.05, 0.1) is 10.6 Å². The smallest absolute Gasteiger partial charge is 0.251 e. The van der Waals surface area contributed by atoms with Gasteiger partial charge in [0.25, 0.3) is 5.91 Å². The summed E-state index contributed by atoms with van der Waals surface area (Å²) >= 11 is 1.47. The maximum absolute atomic E-state index is 12.9. The number of nitrogens with one attached hydrogen (secondary N) is 2. The van der Waals surface area contributed by atoms with Crippen molar-refractivity contribution < 1.29 is 9.59 Å². The number of hydrogen-bond acceptors (Lipinski definition) is 4. The van der Waals surface area contributed by atoms with Crippen LogP contribution in [0.25, 0.3) is 10.4 Å². The van der Waals surface area contributed by atoms with Crippen molar-refractivity contribution in [2.24, 2.45) is 0 Å². The molecule has 1 aromatic carbocycles. The molecule has 0 aliphatic heterocycles. The molecule has 132 valence electrons. The number of rotatable bonds is 4. The van der Waals surface area contributed by atoms with E-state index in [4.69, 9.17) is 0 Å². The summed E-state index contributed by atoms with van der Waals surface area (Å²) in [6.07, 6.45) is 4.34. The van der Waals surface area contributed by atoms with E-state index >= 15 is 0 Å². The van der Waals surface area contributed by atoms with Gasteiger partial charge in [-0.2, -0.15) is 0 Å². The molecule has 0 saturated heterocycles. The number of carbonyl (C=O) groups is 2. The van der Waals surface area contributed by atoms with E-state index in [9.17, 15) is 9.59 Å². The van der Waals surface area contributed by atoms with Crippen molar-refractivity contribution in [2.75, 3.05) is 5.32 Å². The molecule has 0 unspecified atom stereocenters. The third-order valence-electron chi connectivity index (χ3n) is 4.61. The molecule has 0 spiro atoms. The van der Waals surface area contributed by atoms with E-state index in [1.165, 1.54) is 18.3 Å². The van der Waals surface area contributed by atoms with Crippen molar-refractivity contribution >= 4 is 28.3 Å². The number of amides is 2. The summed E-state index contributed by atoms with van der Waals surface area (Å²) in [4.78, 5) is 30.1. The molecule has 1 aromatic heterocycles. The molecule has 1 aliphatic carbocycles. The molecule has 5 nitrogen and oxygen atoms in total. The van der Waals surface area contributed by atoms with Crippen molar-refractivity contribution in [3.8, 4) is 10.4 Å². The fraction of sp³-hybridized carbons (Fsp3) is 0.421. The Morgan fingerprint density at radius 1 is 1.12 bits per heavy atom. The van der Waals surface area contributed by atoms with E-state index in [2.05, 4.69) is 15.6 Å². The highest BCUT2D eigenvalue weighted by atomic mass is 32.1. The minimum absolute atomic E-state index is 0.157. The lowest BCUT2D eigenvalue weighted by molar-refractivity contribution is -0.130. The lowest BCUT2D eigenvalue weighted by Crippen LogP contribution is -2.57. The molecule has 2 amide bonds. The SMILES string of the molecule is CC(=O)NC1(C(=O)Nc2nc(C)c(-c3ccccc3)s2)CCCCC1. The van der Waals surface area contributed by atoms with E-state index in [-0.39, 0.29) is 11.8 Å². The van der Waals surface area contributed by atoms with Crippen LogP contribution in [0.5, 0.6) is 0 Å². The zero-order chi connectivity index (χ0) is 17.9. The van der Waals surface area contributed by atoms with Gasteiger partial charge in [-0.15, -0.1) is 0 Å². The Morgan fingerprint density at radius 2 is 1.80 bits per heavy atom. The summed E-state index contributed by atoms with van der Waals surface area (Å²) in [5, 5.41) is 6.42. The van der Waals surface area contributed by atoms with Crippen LogP contribution in [0, 0.1) is 6.92 Å². The van der Waals surface area contributed by atoms with E-state index in [1.54, 1.807) is 0 Å². The van der Waals surface area contributed by atoms with Crippen LogP contribution < -0.4 is 10.6 Å². The highest BCUT2D eigenvalue weighted by molar-refractivity contribution is 7.19. The van der Waals surface area contributed by atoms with Gasteiger partial charge in [-0.3, -0.25) is 14.9 Å². The summed E-state index contributed by atoms with van der Waals surface area (Å²) < 4.78 is 0. The third-order valence-corrected chi connectivity index (χ3v) is 5.73. The van der Waals surface area contributed by atoms with Crippen LogP contribution in [0.2, 0.25) is 0 Å². The molecule has 25 heavy (non-hydrogen) atoms. The van der Waals surface area contributed by atoms with Crippen LogP contribution in [-0.4, -0.2) is 22.3 Å². The number of aromatic nitrogens is 1. The minimum Gasteiger partial charge on any atom is -0.342 e. The Kier molecular flexibility index (Phi) is 5.18. The highest BCUT2D eigenvalue weighted by Crippen LogP contribution is 2.34. The number of carbonyl (C=O) groups excluding carboxylic acids is 2. The summed E-state index contributed by atoms with van der Waals surface area (Å²) in [7, 11) is 0. The molecule has 3 rings (SSSR count). The normalized spacial score (nSPS) is 16.2. The number of anilines is 1. The molecule has 0 atom stereocenters. The molecular weight excluding hydrogens is 334 g/mol. The number of thiazole rings is 1. The largest absolute Gasteiger partial charge is 0.342 e. The summed E-state index contributed by atoms with van der Waals surface area (Å²) in [6.45, 7) is 3.41. The Morgan fingerprint density at radius 3 is 2.44 bits per heavy atom. The van der Waals surface area contributed by atoms with E-state index in [0.29, 0.717) is 18.0 Å². The molecule has 0 bridgehead atoms.